The van der Waals surface area contributed by atoms with Crippen molar-refractivity contribution in [3.05, 3.63) is 47.4 Å². The zero-order valence-corrected chi connectivity index (χ0v) is 10.2. The molecule has 2 aromatic rings. The maximum Gasteiger partial charge on any atom is 0.0360 e. The van der Waals surface area contributed by atoms with Crippen molar-refractivity contribution in [3.8, 4) is 0 Å². The third kappa shape index (κ3) is 1.75. The Morgan fingerprint density at radius 3 is 2.80 bits per heavy atom. The number of hydrogen-bond acceptors (Lipinski definition) is 2. The van der Waals surface area contributed by atoms with Gasteiger partial charge in [-0.1, -0.05) is 36.9 Å². The fraction of sp³-hybridized carbons (Fsp3) is 0.0769. The van der Waals surface area contributed by atoms with Crippen LogP contribution in [0.1, 0.15) is 17.4 Å². The maximum atomic E-state index is 4.51. The van der Waals surface area contributed by atoms with Crippen LogP contribution in [-0.2, 0) is 0 Å². The predicted octanol–water partition coefficient (Wildman–Crippen LogP) is 4.83. The number of benzene rings is 1. The van der Waals surface area contributed by atoms with E-state index in [-0.39, 0.29) is 0 Å². The van der Waals surface area contributed by atoms with Gasteiger partial charge in [0.25, 0.3) is 0 Å². The van der Waals surface area contributed by atoms with E-state index in [9.17, 15) is 0 Å². The lowest BCUT2D eigenvalue weighted by molar-refractivity contribution is 1.74. The molecule has 15 heavy (non-hydrogen) atoms. The molecule has 0 fully saturated rings. The number of allylic oxidation sites excluding steroid dienone is 1. The highest BCUT2D eigenvalue weighted by atomic mass is 32.1. The van der Waals surface area contributed by atoms with E-state index in [2.05, 4.69) is 43.5 Å². The summed E-state index contributed by atoms with van der Waals surface area (Å²) in [6.07, 6.45) is 3.92. The summed E-state index contributed by atoms with van der Waals surface area (Å²) in [5, 5.41) is 1.26. The van der Waals surface area contributed by atoms with Crippen LogP contribution in [0.5, 0.6) is 0 Å². The van der Waals surface area contributed by atoms with E-state index in [1.165, 1.54) is 20.5 Å². The van der Waals surface area contributed by atoms with Crippen LogP contribution in [-0.4, -0.2) is 0 Å². The van der Waals surface area contributed by atoms with Crippen LogP contribution in [0.2, 0.25) is 0 Å². The summed E-state index contributed by atoms with van der Waals surface area (Å²) in [4.78, 5) is 2.21. The molecule has 1 aromatic heterocycles. The van der Waals surface area contributed by atoms with Gasteiger partial charge in [0.2, 0.25) is 0 Å². The third-order valence-corrected chi connectivity index (χ3v) is 3.99. The Balaban J connectivity index is 2.84. The lowest BCUT2D eigenvalue weighted by Crippen LogP contribution is -1.77. The number of thiophene rings is 1. The first kappa shape index (κ1) is 10.5. The zero-order chi connectivity index (χ0) is 10.8. The molecule has 0 N–H and O–H groups in total. The summed E-state index contributed by atoms with van der Waals surface area (Å²) < 4.78 is 1.29. The van der Waals surface area contributed by atoms with Crippen molar-refractivity contribution in [2.45, 2.75) is 6.92 Å². The quantitative estimate of drug-likeness (QED) is 0.704. The van der Waals surface area contributed by atoms with Crippen molar-refractivity contribution in [2.75, 3.05) is 0 Å². The maximum absolute atomic E-state index is 4.51. The third-order valence-electron chi connectivity index (χ3n) is 2.34. The van der Waals surface area contributed by atoms with Gasteiger partial charge in [-0.3, -0.25) is 0 Å². The molecule has 0 bridgehead atoms. The van der Waals surface area contributed by atoms with E-state index in [4.69, 9.17) is 0 Å². The second-order valence-corrected chi connectivity index (χ2v) is 4.78. The van der Waals surface area contributed by atoms with Gasteiger partial charge in [0.15, 0.2) is 0 Å². The first-order valence-corrected chi connectivity index (χ1v) is 6.04. The van der Waals surface area contributed by atoms with E-state index in [1.807, 2.05) is 19.1 Å². The molecular formula is C13H12S2. The largest absolute Gasteiger partial charge is 0.143 e. The lowest BCUT2D eigenvalue weighted by Gasteiger charge is -1.99. The van der Waals surface area contributed by atoms with E-state index >= 15 is 0 Å². The second kappa shape index (κ2) is 4.25. The first-order valence-electron chi connectivity index (χ1n) is 4.77. The molecule has 0 atom stereocenters. The van der Waals surface area contributed by atoms with Crippen LogP contribution in [0, 0.1) is 0 Å². The number of thiol groups is 1. The first-order chi connectivity index (χ1) is 7.27. The summed E-state index contributed by atoms with van der Waals surface area (Å²) in [5.74, 6) is 0. The fourth-order valence-electron chi connectivity index (χ4n) is 1.62. The molecule has 0 aliphatic carbocycles. The van der Waals surface area contributed by atoms with Gasteiger partial charge in [-0.2, -0.15) is 0 Å². The summed E-state index contributed by atoms with van der Waals surface area (Å²) in [7, 11) is 0. The van der Waals surface area contributed by atoms with Crippen LogP contribution in [0.4, 0.5) is 0 Å². The van der Waals surface area contributed by atoms with Crippen molar-refractivity contribution in [2.24, 2.45) is 0 Å². The lowest BCUT2D eigenvalue weighted by atomic mass is 10.1. The van der Waals surface area contributed by atoms with Gasteiger partial charge in [-0.15, -0.1) is 24.0 Å². The minimum Gasteiger partial charge on any atom is -0.143 e. The molecule has 0 amide bonds. The summed E-state index contributed by atoms with van der Waals surface area (Å²) in [6, 6.07) is 8.38. The Labute approximate surface area is 99.4 Å². The molecule has 76 valence electrons. The summed E-state index contributed by atoms with van der Waals surface area (Å²) in [5.41, 5.74) is 1.21. The Morgan fingerprint density at radius 1 is 1.40 bits per heavy atom. The Kier molecular flexibility index (Phi) is 2.98. The van der Waals surface area contributed by atoms with Gasteiger partial charge in [0, 0.05) is 25.4 Å². The second-order valence-electron chi connectivity index (χ2n) is 3.22. The van der Waals surface area contributed by atoms with Crippen LogP contribution in [0.3, 0.4) is 0 Å². The Bertz CT molecular complexity index is 532. The van der Waals surface area contributed by atoms with Gasteiger partial charge in [0.05, 0.1) is 0 Å². The molecule has 0 saturated heterocycles. The van der Waals surface area contributed by atoms with Gasteiger partial charge in [-0.05, 0) is 13.0 Å². The minimum atomic E-state index is 1.02. The normalized spacial score (nSPS) is 12.0. The van der Waals surface area contributed by atoms with Crippen LogP contribution in [0.15, 0.2) is 36.9 Å². The molecule has 0 nitrogen and oxygen atoms in total. The number of fused-ring (bicyclic) bond motifs is 1. The Hall–Kier alpha value is -0.990. The van der Waals surface area contributed by atoms with Crippen molar-refractivity contribution in [3.63, 3.8) is 0 Å². The van der Waals surface area contributed by atoms with Crippen molar-refractivity contribution >= 4 is 45.0 Å². The molecule has 1 aromatic carbocycles. The van der Waals surface area contributed by atoms with Crippen molar-refractivity contribution < 1.29 is 0 Å². The summed E-state index contributed by atoms with van der Waals surface area (Å²) >= 11 is 6.26. The van der Waals surface area contributed by atoms with Crippen LogP contribution >= 0.6 is 24.0 Å². The van der Waals surface area contributed by atoms with E-state index in [1.54, 1.807) is 11.3 Å². The molecule has 0 radical (unpaired) electrons. The van der Waals surface area contributed by atoms with Gasteiger partial charge in [0.1, 0.15) is 0 Å². The van der Waals surface area contributed by atoms with Gasteiger partial charge < -0.3 is 0 Å². The molecule has 0 unspecified atom stereocenters. The van der Waals surface area contributed by atoms with Crippen molar-refractivity contribution in [1.82, 2.24) is 0 Å². The fourth-order valence-corrected chi connectivity index (χ4v) is 3.00. The SMILES string of the molecule is C=Cc1sc2ccccc2c1/C(S)=C\C. The van der Waals surface area contributed by atoms with Crippen LogP contribution in [0.25, 0.3) is 21.1 Å². The monoisotopic (exact) mass is 232 g/mol. The van der Waals surface area contributed by atoms with E-state index < -0.39 is 0 Å². The highest BCUT2D eigenvalue weighted by molar-refractivity contribution is 7.90. The van der Waals surface area contributed by atoms with Crippen LogP contribution < -0.4 is 0 Å². The molecular weight excluding hydrogens is 220 g/mol. The molecule has 2 rings (SSSR count). The molecule has 2 heteroatoms. The van der Waals surface area contributed by atoms with Gasteiger partial charge >= 0.3 is 0 Å². The average Bonchev–Trinajstić information content (AvgIpc) is 2.66. The van der Waals surface area contributed by atoms with Gasteiger partial charge in [-0.25, -0.2) is 0 Å². The molecule has 0 saturated carbocycles. The Morgan fingerprint density at radius 2 is 2.13 bits per heavy atom. The molecule has 1 heterocycles. The highest BCUT2D eigenvalue weighted by Gasteiger charge is 2.10. The number of hydrogen-bond donors (Lipinski definition) is 1. The van der Waals surface area contributed by atoms with Crippen molar-refractivity contribution in [1.29, 1.82) is 0 Å². The topological polar surface area (TPSA) is 0 Å². The smallest absolute Gasteiger partial charge is 0.0360 e. The molecule has 0 spiro atoms. The minimum absolute atomic E-state index is 1.02. The molecule has 0 aliphatic rings. The average molecular weight is 232 g/mol. The zero-order valence-electron chi connectivity index (χ0n) is 8.53. The van der Waals surface area contributed by atoms with E-state index in [0.29, 0.717) is 0 Å². The van der Waals surface area contributed by atoms with E-state index in [0.717, 1.165) is 4.91 Å². The molecule has 0 aliphatic heterocycles. The summed E-state index contributed by atoms with van der Waals surface area (Å²) in [6.45, 7) is 5.85. The standard InChI is InChI=1S/C13H12S2/c1-3-10(14)13-9-7-5-6-8-12(9)15-11(13)4-2/h3-8,14H,2H2,1H3/b10-3+. The number of rotatable bonds is 2. The highest BCUT2D eigenvalue weighted by Crippen LogP contribution is 2.37. The predicted molar refractivity (Wildman–Crippen MR) is 74.6 cm³/mol.